The van der Waals surface area contributed by atoms with Crippen molar-refractivity contribution in [1.29, 1.82) is 0 Å². The van der Waals surface area contributed by atoms with Crippen molar-refractivity contribution in [2.24, 2.45) is 0 Å². The third-order valence-corrected chi connectivity index (χ3v) is 8.96. The molecule has 2 saturated heterocycles. The lowest BCUT2D eigenvalue weighted by atomic mass is 9.91. The molecule has 1 aromatic heterocycles. The Bertz CT molecular complexity index is 1280. The molecule has 3 aliphatic rings. The highest BCUT2D eigenvalue weighted by Crippen LogP contribution is 2.39. The fourth-order valence-corrected chi connectivity index (χ4v) is 6.59. The lowest BCUT2D eigenvalue weighted by Crippen LogP contribution is -2.63. The standard InChI is InChI=1S/C32H46FN7O2/c1-22-17-39(27(16-34-22)19-37-11-12-38(18-23(37)2)31(42)36(5)6)20-29(41)40-21-32(3,4)30-28(40)14-25(15-35-30)13-24-7-9-26(33)10-8-24/h7-10,14-15,22-23,27,34H,11-13,16-21H2,1-6H3. The zero-order valence-electron chi connectivity index (χ0n) is 25.9. The summed E-state index contributed by atoms with van der Waals surface area (Å²) in [5.74, 6) is -0.155. The highest BCUT2D eigenvalue weighted by Gasteiger charge is 2.41. The van der Waals surface area contributed by atoms with E-state index in [0.717, 1.165) is 48.7 Å². The number of nitrogens with one attached hydrogen (secondary N) is 1. The molecule has 4 heterocycles. The minimum Gasteiger partial charge on any atom is -0.331 e. The Morgan fingerprint density at radius 2 is 1.81 bits per heavy atom. The highest BCUT2D eigenvalue weighted by molar-refractivity contribution is 5.97. The summed E-state index contributed by atoms with van der Waals surface area (Å²) in [7, 11) is 3.59. The van der Waals surface area contributed by atoms with E-state index in [1.807, 2.05) is 16.0 Å². The van der Waals surface area contributed by atoms with Crippen molar-refractivity contribution in [2.75, 3.05) is 71.4 Å². The number of urea groups is 1. The van der Waals surface area contributed by atoms with Crippen LogP contribution in [0.25, 0.3) is 0 Å². The molecular formula is C32H46FN7O2. The smallest absolute Gasteiger partial charge is 0.319 e. The van der Waals surface area contributed by atoms with Gasteiger partial charge in [0.1, 0.15) is 5.82 Å². The number of rotatable bonds is 6. The number of hydrogen-bond donors (Lipinski definition) is 1. The van der Waals surface area contributed by atoms with Gasteiger partial charge in [-0.1, -0.05) is 26.0 Å². The summed E-state index contributed by atoms with van der Waals surface area (Å²) in [5, 5.41) is 3.62. The predicted molar refractivity (Wildman–Crippen MR) is 163 cm³/mol. The first-order valence-corrected chi connectivity index (χ1v) is 15.1. The van der Waals surface area contributed by atoms with Crippen molar-refractivity contribution in [2.45, 2.75) is 57.7 Å². The quantitative estimate of drug-likeness (QED) is 0.568. The van der Waals surface area contributed by atoms with E-state index in [1.165, 1.54) is 12.1 Å². The van der Waals surface area contributed by atoms with Crippen LogP contribution < -0.4 is 10.2 Å². The van der Waals surface area contributed by atoms with Gasteiger partial charge in [-0.2, -0.15) is 0 Å². The van der Waals surface area contributed by atoms with Crippen molar-refractivity contribution < 1.29 is 14.0 Å². The van der Waals surface area contributed by atoms with Gasteiger partial charge in [0.15, 0.2) is 0 Å². The molecule has 10 heteroatoms. The molecule has 0 aliphatic carbocycles. The summed E-state index contributed by atoms with van der Waals surface area (Å²) in [6, 6.07) is 9.43. The van der Waals surface area contributed by atoms with Gasteiger partial charge < -0.3 is 20.0 Å². The maximum absolute atomic E-state index is 14.0. The molecule has 2 fully saturated rings. The SMILES string of the molecule is CC1CN(CC(=O)N2CC(C)(C)c3ncc(Cc4ccc(F)cc4)cc32)C(CN2CCN(C(=O)N(C)C)CC2C)CN1. The highest BCUT2D eigenvalue weighted by atomic mass is 19.1. The van der Waals surface area contributed by atoms with Gasteiger partial charge in [0.25, 0.3) is 0 Å². The van der Waals surface area contributed by atoms with Crippen LogP contribution in [0.5, 0.6) is 0 Å². The van der Waals surface area contributed by atoms with Crippen molar-refractivity contribution in [1.82, 2.24) is 29.9 Å². The van der Waals surface area contributed by atoms with Crippen molar-refractivity contribution >= 4 is 17.6 Å². The van der Waals surface area contributed by atoms with Gasteiger partial charge in [-0.25, -0.2) is 9.18 Å². The van der Waals surface area contributed by atoms with Crippen LogP contribution in [0.4, 0.5) is 14.9 Å². The van der Waals surface area contributed by atoms with E-state index < -0.39 is 0 Å². The monoisotopic (exact) mass is 579 g/mol. The Labute approximate surface area is 249 Å². The van der Waals surface area contributed by atoms with E-state index in [-0.39, 0.29) is 35.3 Å². The molecule has 3 aliphatic heterocycles. The zero-order valence-corrected chi connectivity index (χ0v) is 25.9. The van der Waals surface area contributed by atoms with Gasteiger partial charge in [-0.05, 0) is 49.6 Å². The molecule has 9 nitrogen and oxygen atoms in total. The Kier molecular flexibility index (Phi) is 8.87. The third-order valence-electron chi connectivity index (χ3n) is 8.96. The first-order valence-electron chi connectivity index (χ1n) is 15.1. The molecule has 228 valence electrons. The van der Waals surface area contributed by atoms with Crippen LogP contribution in [-0.4, -0.2) is 121 Å². The van der Waals surface area contributed by atoms with E-state index in [0.29, 0.717) is 38.6 Å². The number of nitrogens with zero attached hydrogens (tertiary/aromatic N) is 6. The summed E-state index contributed by atoms with van der Waals surface area (Å²) in [6.07, 6.45) is 2.52. The largest absolute Gasteiger partial charge is 0.331 e. The normalized spacial score (nSPS) is 24.5. The number of piperazine rings is 2. The molecule has 2 aromatic rings. The number of pyridine rings is 1. The number of carbonyl (C=O) groups is 2. The van der Waals surface area contributed by atoms with Crippen LogP contribution in [0, 0.1) is 5.82 Å². The van der Waals surface area contributed by atoms with Gasteiger partial charge in [0.2, 0.25) is 5.91 Å². The number of amides is 3. The summed E-state index contributed by atoms with van der Waals surface area (Å²) in [4.78, 5) is 41.6. The van der Waals surface area contributed by atoms with Crippen molar-refractivity contribution in [3.8, 4) is 0 Å². The van der Waals surface area contributed by atoms with Crippen molar-refractivity contribution in [3.05, 3.63) is 59.2 Å². The van der Waals surface area contributed by atoms with E-state index in [4.69, 9.17) is 4.98 Å². The maximum atomic E-state index is 14.0. The molecule has 1 N–H and O–H groups in total. The maximum Gasteiger partial charge on any atom is 0.319 e. The number of hydrogen-bond acceptors (Lipinski definition) is 6. The average Bonchev–Trinajstić information content (AvgIpc) is 3.22. The van der Waals surface area contributed by atoms with Crippen LogP contribution in [0.3, 0.4) is 0 Å². The molecule has 0 radical (unpaired) electrons. The zero-order chi connectivity index (χ0) is 30.2. The number of carbonyl (C=O) groups excluding carboxylic acids is 2. The van der Waals surface area contributed by atoms with Crippen molar-refractivity contribution in [3.63, 3.8) is 0 Å². The fourth-order valence-electron chi connectivity index (χ4n) is 6.59. The van der Waals surface area contributed by atoms with Gasteiger partial charge in [0, 0.05) is 89.6 Å². The first kappa shape index (κ1) is 30.4. The second-order valence-corrected chi connectivity index (χ2v) is 13.2. The van der Waals surface area contributed by atoms with Gasteiger partial charge in [-0.15, -0.1) is 0 Å². The Hall–Kier alpha value is -3.08. The lowest BCUT2D eigenvalue weighted by molar-refractivity contribution is -0.121. The summed E-state index contributed by atoms with van der Waals surface area (Å²) >= 11 is 0. The second kappa shape index (κ2) is 12.3. The molecule has 3 unspecified atom stereocenters. The van der Waals surface area contributed by atoms with Crippen LogP contribution in [0.2, 0.25) is 0 Å². The summed E-state index contributed by atoms with van der Waals surface area (Å²) < 4.78 is 13.4. The Balaban J connectivity index is 1.28. The van der Waals surface area contributed by atoms with E-state index in [2.05, 4.69) is 48.9 Å². The minimum absolute atomic E-state index is 0.0611. The lowest BCUT2D eigenvalue weighted by Gasteiger charge is -2.46. The number of aromatic nitrogens is 1. The molecule has 3 atom stereocenters. The van der Waals surface area contributed by atoms with E-state index in [1.54, 1.807) is 31.1 Å². The molecule has 1 aromatic carbocycles. The topological polar surface area (TPSA) is 75.3 Å². The van der Waals surface area contributed by atoms with Gasteiger partial charge in [0.05, 0.1) is 17.9 Å². The number of halogens is 1. The molecule has 0 saturated carbocycles. The van der Waals surface area contributed by atoms with Crippen LogP contribution in [0.1, 0.15) is 44.5 Å². The van der Waals surface area contributed by atoms with Crippen LogP contribution >= 0.6 is 0 Å². The molecule has 0 bridgehead atoms. The predicted octanol–water partition coefficient (Wildman–Crippen LogP) is 2.79. The Morgan fingerprint density at radius 3 is 2.50 bits per heavy atom. The summed E-state index contributed by atoms with van der Waals surface area (Å²) in [6.45, 7) is 14.3. The minimum atomic E-state index is -0.249. The molecular weight excluding hydrogens is 533 g/mol. The van der Waals surface area contributed by atoms with E-state index >= 15 is 0 Å². The number of benzene rings is 1. The third kappa shape index (κ3) is 6.61. The molecule has 3 amide bonds. The van der Waals surface area contributed by atoms with Gasteiger partial charge in [-0.3, -0.25) is 19.6 Å². The Morgan fingerprint density at radius 1 is 1.07 bits per heavy atom. The number of anilines is 1. The molecule has 0 spiro atoms. The van der Waals surface area contributed by atoms with E-state index in [9.17, 15) is 14.0 Å². The first-order chi connectivity index (χ1) is 19.9. The van der Waals surface area contributed by atoms with Crippen LogP contribution in [0.15, 0.2) is 36.5 Å². The average molecular weight is 580 g/mol. The molecule has 5 rings (SSSR count). The fraction of sp³-hybridized carbons (Fsp3) is 0.594. The summed E-state index contributed by atoms with van der Waals surface area (Å²) in [5.41, 5.74) is 3.61. The van der Waals surface area contributed by atoms with Crippen LogP contribution in [-0.2, 0) is 16.6 Å². The second-order valence-electron chi connectivity index (χ2n) is 13.2. The number of fused-ring (bicyclic) bond motifs is 1. The van der Waals surface area contributed by atoms with Gasteiger partial charge >= 0.3 is 6.03 Å². The molecule has 42 heavy (non-hydrogen) atoms.